The van der Waals surface area contributed by atoms with Gasteiger partial charge in [0, 0.05) is 6.92 Å². The van der Waals surface area contributed by atoms with Crippen LogP contribution in [0.4, 0.5) is 0 Å². The van der Waals surface area contributed by atoms with Gasteiger partial charge >= 0.3 is 0 Å². The number of aromatic nitrogens is 2. The van der Waals surface area contributed by atoms with Crippen LogP contribution in [0.3, 0.4) is 0 Å². The van der Waals surface area contributed by atoms with E-state index in [1.165, 1.54) is 6.92 Å². The molecular formula is C6H7BrN2O. The Bertz CT molecular complexity index is 267. The summed E-state index contributed by atoms with van der Waals surface area (Å²) in [6, 6.07) is 0. The maximum Gasteiger partial charge on any atom is 0.178 e. The number of aromatic amines is 1. The summed E-state index contributed by atoms with van der Waals surface area (Å²) in [4.78, 5) is 10.8. The fraction of sp³-hybridized carbons (Fsp3) is 0.333. The number of rotatable bonds is 1. The number of carbonyl (C=O) groups excluding carboxylic acids is 1. The van der Waals surface area contributed by atoms with Crippen LogP contribution in [0.15, 0.2) is 4.47 Å². The van der Waals surface area contributed by atoms with Gasteiger partial charge in [0.05, 0.1) is 10.2 Å². The first-order valence-corrected chi connectivity index (χ1v) is 3.63. The fourth-order valence-electron chi connectivity index (χ4n) is 0.652. The molecule has 0 aliphatic heterocycles. The normalized spacial score (nSPS) is 9.90. The Balaban J connectivity index is 3.17. The molecule has 0 saturated carbocycles. The molecule has 54 valence electrons. The van der Waals surface area contributed by atoms with Crippen LogP contribution in [0.25, 0.3) is 0 Å². The lowest BCUT2D eigenvalue weighted by atomic mass is 10.3. The summed E-state index contributed by atoms with van der Waals surface area (Å²) in [6.45, 7) is 3.32. The highest BCUT2D eigenvalue weighted by atomic mass is 79.9. The van der Waals surface area contributed by atoms with Crippen LogP contribution in [0.5, 0.6) is 0 Å². The van der Waals surface area contributed by atoms with Gasteiger partial charge in [0.15, 0.2) is 5.78 Å². The second kappa shape index (κ2) is 2.54. The Morgan fingerprint density at radius 1 is 1.70 bits per heavy atom. The summed E-state index contributed by atoms with van der Waals surface area (Å²) in [7, 11) is 0. The van der Waals surface area contributed by atoms with Gasteiger partial charge in [-0.2, -0.15) is 5.10 Å². The summed E-state index contributed by atoms with van der Waals surface area (Å²) in [5.74, 6) is -0.00697. The van der Waals surface area contributed by atoms with Gasteiger partial charge < -0.3 is 0 Å². The second-order valence-corrected chi connectivity index (χ2v) is 2.85. The molecule has 10 heavy (non-hydrogen) atoms. The highest BCUT2D eigenvalue weighted by Crippen LogP contribution is 2.17. The minimum atomic E-state index is -0.00697. The van der Waals surface area contributed by atoms with E-state index in [0.29, 0.717) is 5.69 Å². The zero-order valence-electron chi connectivity index (χ0n) is 5.73. The van der Waals surface area contributed by atoms with Crippen LogP contribution in [-0.4, -0.2) is 16.0 Å². The summed E-state index contributed by atoms with van der Waals surface area (Å²) in [6.07, 6.45) is 0. The first-order valence-electron chi connectivity index (χ1n) is 2.84. The molecule has 0 unspecified atom stereocenters. The molecule has 1 N–H and O–H groups in total. The lowest BCUT2D eigenvalue weighted by Gasteiger charge is -1.87. The summed E-state index contributed by atoms with van der Waals surface area (Å²) < 4.78 is 0.764. The first kappa shape index (κ1) is 7.47. The number of hydrogen-bond donors (Lipinski definition) is 1. The molecule has 0 saturated heterocycles. The van der Waals surface area contributed by atoms with Crippen molar-refractivity contribution in [1.29, 1.82) is 0 Å². The topological polar surface area (TPSA) is 45.8 Å². The van der Waals surface area contributed by atoms with Crippen LogP contribution < -0.4 is 0 Å². The van der Waals surface area contributed by atoms with Gasteiger partial charge in [0.2, 0.25) is 0 Å². The van der Waals surface area contributed by atoms with Crippen molar-refractivity contribution in [3.63, 3.8) is 0 Å². The largest absolute Gasteiger partial charge is 0.293 e. The van der Waals surface area contributed by atoms with Crippen molar-refractivity contribution in [2.75, 3.05) is 0 Å². The van der Waals surface area contributed by atoms with Gasteiger partial charge in [-0.25, -0.2) is 0 Å². The predicted molar refractivity (Wildman–Crippen MR) is 41.0 cm³/mol. The fourth-order valence-corrected chi connectivity index (χ4v) is 1.11. The number of nitrogens with zero attached hydrogens (tertiary/aromatic N) is 1. The van der Waals surface area contributed by atoms with Crippen LogP contribution in [-0.2, 0) is 0 Å². The van der Waals surface area contributed by atoms with Crippen molar-refractivity contribution < 1.29 is 4.79 Å². The lowest BCUT2D eigenvalue weighted by molar-refractivity contribution is 0.101. The SMILES string of the molecule is CC(=O)c1[nH]nc(C)c1Br. The van der Waals surface area contributed by atoms with E-state index in [2.05, 4.69) is 26.1 Å². The molecule has 3 nitrogen and oxygen atoms in total. The smallest absolute Gasteiger partial charge is 0.178 e. The van der Waals surface area contributed by atoms with Crippen LogP contribution in [0, 0.1) is 6.92 Å². The number of halogens is 1. The van der Waals surface area contributed by atoms with Gasteiger partial charge in [0.1, 0.15) is 5.69 Å². The van der Waals surface area contributed by atoms with E-state index < -0.39 is 0 Å². The molecule has 0 aliphatic rings. The molecule has 4 heteroatoms. The number of Topliss-reactive ketones (excluding diaryl/α,β-unsaturated/α-hetero) is 1. The Labute approximate surface area is 67.0 Å². The van der Waals surface area contributed by atoms with E-state index >= 15 is 0 Å². The van der Waals surface area contributed by atoms with Crippen molar-refractivity contribution >= 4 is 21.7 Å². The molecule has 1 rings (SSSR count). The predicted octanol–water partition coefficient (Wildman–Crippen LogP) is 1.68. The minimum Gasteiger partial charge on any atom is -0.293 e. The quantitative estimate of drug-likeness (QED) is 0.705. The highest BCUT2D eigenvalue weighted by molar-refractivity contribution is 9.10. The van der Waals surface area contributed by atoms with Crippen LogP contribution >= 0.6 is 15.9 Å². The van der Waals surface area contributed by atoms with E-state index in [0.717, 1.165) is 10.2 Å². The van der Waals surface area contributed by atoms with Crippen molar-refractivity contribution in [1.82, 2.24) is 10.2 Å². The number of nitrogens with one attached hydrogen (secondary N) is 1. The third-order valence-electron chi connectivity index (χ3n) is 1.22. The molecule has 0 bridgehead atoms. The van der Waals surface area contributed by atoms with Crippen molar-refractivity contribution in [2.45, 2.75) is 13.8 Å². The molecule has 1 aromatic rings. The molecule has 0 aliphatic carbocycles. The molecule has 0 spiro atoms. The Hall–Kier alpha value is -0.640. The first-order chi connectivity index (χ1) is 4.63. The molecule has 1 aromatic heterocycles. The molecule has 0 amide bonds. The van der Waals surface area contributed by atoms with E-state index in [4.69, 9.17) is 0 Å². The number of ketones is 1. The van der Waals surface area contributed by atoms with E-state index in [1.807, 2.05) is 6.92 Å². The standard InChI is InChI=1S/C6H7BrN2O/c1-3-5(7)6(4(2)10)9-8-3/h1-2H3,(H,8,9). The van der Waals surface area contributed by atoms with Crippen molar-refractivity contribution in [3.05, 3.63) is 15.9 Å². The van der Waals surface area contributed by atoms with Gasteiger partial charge in [0.25, 0.3) is 0 Å². The molecule has 0 fully saturated rings. The average molecular weight is 203 g/mol. The zero-order chi connectivity index (χ0) is 7.72. The van der Waals surface area contributed by atoms with E-state index in [-0.39, 0.29) is 5.78 Å². The van der Waals surface area contributed by atoms with Gasteiger partial charge in [-0.3, -0.25) is 9.89 Å². The molecule has 1 heterocycles. The third kappa shape index (κ3) is 1.11. The Morgan fingerprint density at radius 2 is 2.30 bits per heavy atom. The second-order valence-electron chi connectivity index (χ2n) is 2.05. The van der Waals surface area contributed by atoms with Crippen LogP contribution in [0.2, 0.25) is 0 Å². The van der Waals surface area contributed by atoms with Gasteiger partial charge in [-0.1, -0.05) is 0 Å². The minimum absolute atomic E-state index is 0.00697. The number of aryl methyl sites for hydroxylation is 1. The molecular weight excluding hydrogens is 196 g/mol. The van der Waals surface area contributed by atoms with Crippen molar-refractivity contribution in [3.8, 4) is 0 Å². The average Bonchev–Trinajstić information content (AvgIpc) is 2.14. The molecule has 0 atom stereocenters. The maximum atomic E-state index is 10.8. The third-order valence-corrected chi connectivity index (χ3v) is 2.19. The number of carbonyl (C=O) groups is 1. The monoisotopic (exact) mass is 202 g/mol. The van der Waals surface area contributed by atoms with Gasteiger partial charge in [-0.15, -0.1) is 0 Å². The maximum absolute atomic E-state index is 10.8. The van der Waals surface area contributed by atoms with Crippen LogP contribution in [0.1, 0.15) is 23.1 Å². The number of hydrogen-bond acceptors (Lipinski definition) is 2. The summed E-state index contributed by atoms with van der Waals surface area (Å²) in [5, 5.41) is 6.47. The van der Waals surface area contributed by atoms with E-state index in [9.17, 15) is 4.79 Å². The highest BCUT2D eigenvalue weighted by Gasteiger charge is 2.09. The Kier molecular flexibility index (Phi) is 1.89. The van der Waals surface area contributed by atoms with Crippen molar-refractivity contribution in [2.24, 2.45) is 0 Å². The molecule has 0 radical (unpaired) electrons. The van der Waals surface area contributed by atoms with Gasteiger partial charge in [-0.05, 0) is 22.9 Å². The lowest BCUT2D eigenvalue weighted by Crippen LogP contribution is -1.92. The Morgan fingerprint density at radius 3 is 2.50 bits per heavy atom. The van der Waals surface area contributed by atoms with E-state index in [1.54, 1.807) is 0 Å². The zero-order valence-corrected chi connectivity index (χ0v) is 7.32. The molecule has 0 aromatic carbocycles. The summed E-state index contributed by atoms with van der Waals surface area (Å²) in [5.41, 5.74) is 1.35. The number of H-pyrrole nitrogens is 1. The summed E-state index contributed by atoms with van der Waals surface area (Å²) >= 11 is 3.24.